The molecule has 2 heterocycles. The van der Waals surface area contributed by atoms with Gasteiger partial charge in [-0.2, -0.15) is 0 Å². The molecule has 2 nitrogen and oxygen atoms in total. The van der Waals surface area contributed by atoms with E-state index in [1.54, 1.807) is 0 Å². The second-order valence-corrected chi connectivity index (χ2v) is 11.6. The molecule has 0 aliphatic carbocycles. The Morgan fingerprint density at radius 2 is 1.52 bits per heavy atom. The third-order valence-corrected chi connectivity index (χ3v) is 6.58. The van der Waals surface area contributed by atoms with Gasteiger partial charge in [0.05, 0.1) is 0 Å². The van der Waals surface area contributed by atoms with E-state index in [9.17, 15) is 0 Å². The fourth-order valence-corrected chi connectivity index (χ4v) is 4.98. The molecule has 0 aliphatic rings. The lowest BCUT2D eigenvalue weighted by atomic mass is 9.82. The van der Waals surface area contributed by atoms with Crippen molar-refractivity contribution in [2.75, 3.05) is 0 Å². The minimum atomic E-state index is 0.0236. The van der Waals surface area contributed by atoms with E-state index in [1.807, 2.05) is 6.20 Å². The van der Waals surface area contributed by atoms with E-state index in [0.717, 1.165) is 34.2 Å². The summed E-state index contributed by atoms with van der Waals surface area (Å²) >= 11 is 0. The van der Waals surface area contributed by atoms with Gasteiger partial charge in [-0.3, -0.25) is 4.98 Å². The summed E-state index contributed by atoms with van der Waals surface area (Å²) in [4.78, 5) is 4.82. The van der Waals surface area contributed by atoms with Crippen LogP contribution < -0.4 is 0 Å². The van der Waals surface area contributed by atoms with Gasteiger partial charge in [-0.05, 0) is 69.8 Å². The second kappa shape index (κ2) is 7.45. The highest BCUT2D eigenvalue weighted by Crippen LogP contribution is 2.40. The normalized spacial score (nSPS) is 12.8. The van der Waals surface area contributed by atoms with Gasteiger partial charge in [-0.1, -0.05) is 77.9 Å². The number of benzene rings is 3. The van der Waals surface area contributed by atoms with Crippen LogP contribution in [0.1, 0.15) is 58.2 Å². The molecule has 0 saturated heterocycles. The molecule has 0 bridgehead atoms. The van der Waals surface area contributed by atoms with Crippen LogP contribution in [0.5, 0.6) is 0 Å². The molecule has 0 spiro atoms. The Morgan fingerprint density at radius 3 is 2.24 bits per heavy atom. The van der Waals surface area contributed by atoms with Gasteiger partial charge in [-0.15, -0.1) is 0 Å². The van der Waals surface area contributed by atoms with Crippen LogP contribution in [0.4, 0.5) is 0 Å². The molecule has 0 atom stereocenters. The number of hydrogen-bond donors (Lipinski definition) is 0. The van der Waals surface area contributed by atoms with E-state index in [4.69, 9.17) is 9.40 Å². The first-order valence-corrected chi connectivity index (χ1v) is 11.9. The Morgan fingerprint density at radius 1 is 0.788 bits per heavy atom. The van der Waals surface area contributed by atoms with E-state index < -0.39 is 0 Å². The summed E-state index contributed by atoms with van der Waals surface area (Å²) in [6.45, 7) is 15.8. The Bertz CT molecular complexity index is 1510. The monoisotopic (exact) mass is 435 g/mol. The first kappa shape index (κ1) is 21.7. The predicted molar refractivity (Wildman–Crippen MR) is 141 cm³/mol. The summed E-state index contributed by atoms with van der Waals surface area (Å²) in [5, 5.41) is 4.83. The van der Waals surface area contributed by atoms with Crippen LogP contribution in [0.3, 0.4) is 0 Å². The number of hydrogen-bond acceptors (Lipinski definition) is 2. The van der Waals surface area contributed by atoms with E-state index in [2.05, 4.69) is 103 Å². The summed E-state index contributed by atoms with van der Waals surface area (Å²) in [5.74, 6) is 0. The molecule has 0 N–H and O–H groups in total. The number of aryl methyl sites for hydroxylation is 1. The van der Waals surface area contributed by atoms with Crippen molar-refractivity contribution in [2.24, 2.45) is 5.41 Å². The van der Waals surface area contributed by atoms with Crippen LogP contribution in [0, 0.1) is 12.3 Å². The number of rotatable bonds is 2. The number of nitrogens with zero attached hydrogens (tertiary/aromatic N) is 1. The van der Waals surface area contributed by atoms with Gasteiger partial charge in [-0.25, -0.2) is 0 Å². The van der Waals surface area contributed by atoms with Gasteiger partial charge in [0.1, 0.15) is 11.3 Å². The summed E-state index contributed by atoms with van der Waals surface area (Å²) < 4.78 is 6.60. The SMILES string of the molecule is Cc1c(CC(C)(C)C)ccc2c1oc1c(-c3cc(C(C)(C)C)c4ccccc4c3)nccc12. The van der Waals surface area contributed by atoms with E-state index in [0.29, 0.717) is 0 Å². The van der Waals surface area contributed by atoms with Crippen LogP contribution in [-0.2, 0) is 11.8 Å². The first-order chi connectivity index (χ1) is 15.5. The number of fused-ring (bicyclic) bond motifs is 4. The first-order valence-electron chi connectivity index (χ1n) is 11.9. The van der Waals surface area contributed by atoms with Gasteiger partial charge < -0.3 is 4.42 Å². The van der Waals surface area contributed by atoms with Crippen molar-refractivity contribution in [1.29, 1.82) is 0 Å². The highest BCUT2D eigenvalue weighted by Gasteiger charge is 2.22. The third kappa shape index (κ3) is 3.82. The van der Waals surface area contributed by atoms with E-state index in [1.165, 1.54) is 32.8 Å². The molecule has 0 amide bonds. The number of furan rings is 1. The fraction of sp³-hybridized carbons (Fsp3) is 0.323. The van der Waals surface area contributed by atoms with Crippen molar-refractivity contribution < 1.29 is 4.42 Å². The smallest absolute Gasteiger partial charge is 0.161 e. The van der Waals surface area contributed by atoms with Crippen LogP contribution in [-0.4, -0.2) is 4.98 Å². The number of aromatic nitrogens is 1. The zero-order valence-corrected chi connectivity index (χ0v) is 20.8. The molecule has 2 aromatic heterocycles. The molecule has 0 unspecified atom stereocenters. The highest BCUT2D eigenvalue weighted by atomic mass is 16.3. The fourth-order valence-electron chi connectivity index (χ4n) is 4.98. The zero-order chi connectivity index (χ0) is 23.5. The second-order valence-electron chi connectivity index (χ2n) is 11.6. The summed E-state index contributed by atoms with van der Waals surface area (Å²) in [5.41, 5.74) is 8.04. The lowest BCUT2D eigenvalue weighted by Gasteiger charge is -2.22. The quantitative estimate of drug-likeness (QED) is 0.276. The Kier molecular flexibility index (Phi) is 4.90. The van der Waals surface area contributed by atoms with Crippen LogP contribution in [0.25, 0.3) is 44.0 Å². The Labute approximate surface area is 196 Å². The largest absolute Gasteiger partial charge is 0.453 e. The van der Waals surface area contributed by atoms with Crippen molar-refractivity contribution in [3.63, 3.8) is 0 Å². The molecule has 0 saturated carbocycles. The maximum atomic E-state index is 6.60. The number of pyridine rings is 1. The lowest BCUT2D eigenvalue weighted by Crippen LogP contribution is -2.12. The summed E-state index contributed by atoms with van der Waals surface area (Å²) in [7, 11) is 0. The molecule has 0 aliphatic heterocycles. The minimum Gasteiger partial charge on any atom is -0.453 e. The summed E-state index contributed by atoms with van der Waals surface area (Å²) in [6, 6.07) is 19.8. The molecule has 2 heteroatoms. The topological polar surface area (TPSA) is 26.0 Å². The van der Waals surface area contributed by atoms with Crippen LogP contribution >= 0.6 is 0 Å². The van der Waals surface area contributed by atoms with Crippen LogP contribution in [0.15, 0.2) is 65.2 Å². The predicted octanol–water partition coefficient (Wildman–Crippen LogP) is 9.00. The minimum absolute atomic E-state index is 0.0236. The van der Waals surface area contributed by atoms with Crippen molar-refractivity contribution in [1.82, 2.24) is 4.98 Å². The molecule has 5 aromatic rings. The van der Waals surface area contributed by atoms with Crippen molar-refractivity contribution in [3.05, 3.63) is 77.5 Å². The van der Waals surface area contributed by atoms with E-state index in [-0.39, 0.29) is 10.8 Å². The third-order valence-electron chi connectivity index (χ3n) is 6.58. The van der Waals surface area contributed by atoms with Gasteiger partial charge in [0.25, 0.3) is 0 Å². The average molecular weight is 436 g/mol. The van der Waals surface area contributed by atoms with E-state index >= 15 is 0 Å². The van der Waals surface area contributed by atoms with Gasteiger partial charge in [0, 0.05) is 22.5 Å². The zero-order valence-electron chi connectivity index (χ0n) is 20.8. The summed E-state index contributed by atoms with van der Waals surface area (Å²) in [6.07, 6.45) is 2.94. The van der Waals surface area contributed by atoms with Gasteiger partial charge in [0.15, 0.2) is 5.58 Å². The van der Waals surface area contributed by atoms with Crippen molar-refractivity contribution in [3.8, 4) is 11.3 Å². The maximum absolute atomic E-state index is 6.60. The van der Waals surface area contributed by atoms with Gasteiger partial charge in [0.2, 0.25) is 0 Å². The van der Waals surface area contributed by atoms with Crippen LogP contribution in [0.2, 0.25) is 0 Å². The lowest BCUT2D eigenvalue weighted by molar-refractivity contribution is 0.410. The average Bonchev–Trinajstić information content (AvgIpc) is 3.13. The molecular formula is C31H33NO. The molecule has 168 valence electrons. The highest BCUT2D eigenvalue weighted by molar-refractivity contribution is 6.10. The van der Waals surface area contributed by atoms with Crippen molar-refractivity contribution >= 4 is 32.7 Å². The standard InChI is InChI=1S/C31H33NO/c1-19-21(18-30(2,3)4)12-13-24-25-14-15-32-27(29(25)33-28(19)24)22-16-20-10-8-9-11-23(20)26(17-22)31(5,6)7/h8-17H,18H2,1-7H3. The molecule has 0 radical (unpaired) electrons. The Balaban J connectivity index is 1.78. The molecule has 0 fully saturated rings. The van der Waals surface area contributed by atoms with Gasteiger partial charge >= 0.3 is 0 Å². The molecule has 33 heavy (non-hydrogen) atoms. The molecule has 3 aromatic carbocycles. The van der Waals surface area contributed by atoms with Crippen molar-refractivity contribution in [2.45, 2.75) is 60.3 Å². The Hall–Kier alpha value is -3.13. The molecule has 5 rings (SSSR count). The maximum Gasteiger partial charge on any atom is 0.161 e. The molecular weight excluding hydrogens is 402 g/mol.